The highest BCUT2D eigenvalue weighted by atomic mass is 35.5. The lowest BCUT2D eigenvalue weighted by molar-refractivity contribution is -0.124. The Balaban J connectivity index is 1.81. The predicted molar refractivity (Wildman–Crippen MR) is 85.0 cm³/mol. The van der Waals surface area contributed by atoms with Crippen LogP contribution in [-0.4, -0.2) is 18.5 Å². The molecule has 0 radical (unpaired) electrons. The van der Waals surface area contributed by atoms with Gasteiger partial charge < -0.3 is 10.1 Å². The SMILES string of the molecule is O=C(COC(=O)c1ccccc1Cl)NCc1cccc(Cl)c1. The summed E-state index contributed by atoms with van der Waals surface area (Å²) in [6.07, 6.45) is 0. The van der Waals surface area contributed by atoms with Crippen LogP contribution in [0.25, 0.3) is 0 Å². The topological polar surface area (TPSA) is 55.4 Å². The van der Waals surface area contributed by atoms with E-state index in [1.807, 2.05) is 6.07 Å². The Kier molecular flexibility index (Phi) is 5.81. The summed E-state index contributed by atoms with van der Waals surface area (Å²) in [7, 11) is 0. The third-order valence-electron chi connectivity index (χ3n) is 2.81. The van der Waals surface area contributed by atoms with E-state index in [-0.39, 0.29) is 17.2 Å². The molecule has 1 N–H and O–H groups in total. The maximum absolute atomic E-state index is 11.8. The molecule has 4 nitrogen and oxygen atoms in total. The van der Waals surface area contributed by atoms with Gasteiger partial charge in [-0.05, 0) is 29.8 Å². The molecule has 0 atom stereocenters. The minimum absolute atomic E-state index is 0.229. The first kappa shape index (κ1) is 16.3. The maximum atomic E-state index is 11.8. The smallest absolute Gasteiger partial charge is 0.340 e. The van der Waals surface area contributed by atoms with Crippen molar-refractivity contribution >= 4 is 35.1 Å². The first-order chi connectivity index (χ1) is 10.6. The van der Waals surface area contributed by atoms with Crippen LogP contribution in [0.5, 0.6) is 0 Å². The number of ether oxygens (including phenoxy) is 1. The Bertz CT molecular complexity index is 689. The van der Waals surface area contributed by atoms with Crippen LogP contribution in [0.15, 0.2) is 48.5 Å². The normalized spacial score (nSPS) is 10.1. The fourth-order valence-corrected chi connectivity index (χ4v) is 2.16. The molecule has 22 heavy (non-hydrogen) atoms. The van der Waals surface area contributed by atoms with Crippen molar-refractivity contribution in [2.24, 2.45) is 0 Å². The molecule has 114 valence electrons. The molecule has 0 saturated carbocycles. The number of benzene rings is 2. The number of esters is 1. The summed E-state index contributed by atoms with van der Waals surface area (Å²) in [5.74, 6) is -1.04. The summed E-state index contributed by atoms with van der Waals surface area (Å²) in [5, 5.41) is 3.52. The second-order valence-electron chi connectivity index (χ2n) is 4.46. The van der Waals surface area contributed by atoms with Gasteiger partial charge in [0, 0.05) is 11.6 Å². The Morgan fingerprint density at radius 2 is 1.82 bits per heavy atom. The van der Waals surface area contributed by atoms with Gasteiger partial charge in [-0.15, -0.1) is 0 Å². The number of halogens is 2. The summed E-state index contributed by atoms with van der Waals surface area (Å²) >= 11 is 11.7. The van der Waals surface area contributed by atoms with Gasteiger partial charge in [0.2, 0.25) is 0 Å². The molecule has 0 fully saturated rings. The van der Waals surface area contributed by atoms with E-state index in [4.69, 9.17) is 27.9 Å². The Hall–Kier alpha value is -2.04. The zero-order valence-corrected chi connectivity index (χ0v) is 13.0. The summed E-state index contributed by atoms with van der Waals surface area (Å²) in [5.41, 5.74) is 1.09. The molecule has 6 heteroatoms. The van der Waals surface area contributed by atoms with Crippen LogP contribution in [0.3, 0.4) is 0 Å². The lowest BCUT2D eigenvalue weighted by Crippen LogP contribution is -2.28. The average Bonchev–Trinajstić information content (AvgIpc) is 2.51. The van der Waals surface area contributed by atoms with Gasteiger partial charge in [0.1, 0.15) is 0 Å². The lowest BCUT2D eigenvalue weighted by Gasteiger charge is -2.07. The van der Waals surface area contributed by atoms with Crippen molar-refractivity contribution in [3.8, 4) is 0 Å². The molecule has 0 aromatic heterocycles. The summed E-state index contributed by atoms with van der Waals surface area (Å²) in [6, 6.07) is 13.6. The van der Waals surface area contributed by atoms with E-state index in [9.17, 15) is 9.59 Å². The predicted octanol–water partition coefficient (Wildman–Crippen LogP) is 3.47. The Morgan fingerprint density at radius 1 is 1.05 bits per heavy atom. The van der Waals surface area contributed by atoms with Gasteiger partial charge in [0.05, 0.1) is 10.6 Å². The van der Waals surface area contributed by atoms with Gasteiger partial charge in [0.25, 0.3) is 5.91 Å². The van der Waals surface area contributed by atoms with Gasteiger partial charge in [-0.3, -0.25) is 4.79 Å². The van der Waals surface area contributed by atoms with Gasteiger partial charge in [-0.25, -0.2) is 4.79 Å². The molecule has 0 aliphatic rings. The molecule has 1 amide bonds. The standard InChI is InChI=1S/C16H13Cl2NO3/c17-12-5-3-4-11(8-12)9-19-15(20)10-22-16(21)13-6-1-2-7-14(13)18/h1-8H,9-10H2,(H,19,20). The van der Waals surface area contributed by atoms with E-state index < -0.39 is 11.9 Å². The first-order valence-corrected chi connectivity index (χ1v) is 7.24. The molecule has 0 bridgehead atoms. The van der Waals surface area contributed by atoms with Crippen molar-refractivity contribution in [3.05, 3.63) is 69.7 Å². The van der Waals surface area contributed by atoms with E-state index in [1.54, 1.807) is 36.4 Å². The number of hydrogen-bond acceptors (Lipinski definition) is 3. The quantitative estimate of drug-likeness (QED) is 0.850. The number of rotatable bonds is 5. The van der Waals surface area contributed by atoms with Crippen LogP contribution in [0.1, 0.15) is 15.9 Å². The van der Waals surface area contributed by atoms with E-state index in [1.165, 1.54) is 6.07 Å². The third-order valence-corrected chi connectivity index (χ3v) is 3.37. The summed E-state index contributed by atoms with van der Waals surface area (Å²) in [6.45, 7) is -0.0618. The number of amides is 1. The number of nitrogens with one attached hydrogen (secondary N) is 1. The number of carbonyl (C=O) groups excluding carboxylic acids is 2. The van der Waals surface area contributed by atoms with Gasteiger partial charge in [-0.1, -0.05) is 47.5 Å². The highest BCUT2D eigenvalue weighted by Crippen LogP contribution is 2.15. The second-order valence-corrected chi connectivity index (χ2v) is 5.31. The van der Waals surface area contributed by atoms with Gasteiger partial charge in [-0.2, -0.15) is 0 Å². The van der Waals surface area contributed by atoms with E-state index in [2.05, 4.69) is 5.32 Å². The molecular weight excluding hydrogens is 325 g/mol. The molecule has 0 aliphatic heterocycles. The largest absolute Gasteiger partial charge is 0.452 e. The minimum Gasteiger partial charge on any atom is -0.452 e. The van der Waals surface area contributed by atoms with Crippen LogP contribution < -0.4 is 5.32 Å². The van der Waals surface area contributed by atoms with Crippen LogP contribution in [0.4, 0.5) is 0 Å². The van der Waals surface area contributed by atoms with Crippen molar-refractivity contribution < 1.29 is 14.3 Å². The van der Waals surface area contributed by atoms with Crippen molar-refractivity contribution in [1.82, 2.24) is 5.32 Å². The van der Waals surface area contributed by atoms with E-state index in [0.29, 0.717) is 11.6 Å². The first-order valence-electron chi connectivity index (χ1n) is 6.49. The molecule has 2 aromatic rings. The highest BCUT2D eigenvalue weighted by Gasteiger charge is 2.12. The minimum atomic E-state index is -0.636. The molecule has 0 heterocycles. The fraction of sp³-hybridized carbons (Fsp3) is 0.125. The van der Waals surface area contributed by atoms with Crippen LogP contribution >= 0.6 is 23.2 Å². The van der Waals surface area contributed by atoms with Gasteiger partial charge in [0.15, 0.2) is 6.61 Å². The number of carbonyl (C=O) groups is 2. The van der Waals surface area contributed by atoms with Crippen molar-refractivity contribution in [1.29, 1.82) is 0 Å². The maximum Gasteiger partial charge on any atom is 0.340 e. The molecule has 0 unspecified atom stereocenters. The molecule has 0 spiro atoms. The van der Waals surface area contributed by atoms with Crippen molar-refractivity contribution in [2.45, 2.75) is 6.54 Å². The van der Waals surface area contributed by atoms with Gasteiger partial charge >= 0.3 is 5.97 Å². The zero-order valence-electron chi connectivity index (χ0n) is 11.5. The lowest BCUT2D eigenvalue weighted by atomic mass is 10.2. The van der Waals surface area contributed by atoms with Crippen molar-refractivity contribution in [3.63, 3.8) is 0 Å². The van der Waals surface area contributed by atoms with E-state index in [0.717, 1.165) is 5.56 Å². The second kappa shape index (κ2) is 7.82. The fourth-order valence-electron chi connectivity index (χ4n) is 1.73. The number of hydrogen-bond donors (Lipinski definition) is 1. The van der Waals surface area contributed by atoms with Crippen molar-refractivity contribution in [2.75, 3.05) is 6.61 Å². The molecule has 2 aromatic carbocycles. The summed E-state index contributed by atoms with van der Waals surface area (Å²) in [4.78, 5) is 23.5. The molecule has 0 saturated heterocycles. The van der Waals surface area contributed by atoms with E-state index >= 15 is 0 Å². The highest BCUT2D eigenvalue weighted by molar-refractivity contribution is 6.33. The average molecular weight is 338 g/mol. The van der Waals surface area contributed by atoms with Crippen LogP contribution in [0, 0.1) is 0 Å². The van der Waals surface area contributed by atoms with Crippen LogP contribution in [0.2, 0.25) is 10.0 Å². The monoisotopic (exact) mass is 337 g/mol. The Morgan fingerprint density at radius 3 is 2.55 bits per heavy atom. The molecular formula is C16H13Cl2NO3. The summed E-state index contributed by atoms with van der Waals surface area (Å²) < 4.78 is 4.92. The molecule has 2 rings (SSSR count). The zero-order chi connectivity index (χ0) is 15.9. The Labute approximate surface area is 138 Å². The molecule has 0 aliphatic carbocycles. The van der Waals surface area contributed by atoms with Crippen LogP contribution in [-0.2, 0) is 16.1 Å². The third kappa shape index (κ3) is 4.76.